The van der Waals surface area contributed by atoms with Gasteiger partial charge in [-0.15, -0.1) is 0 Å². The average molecular weight is 272 g/mol. The van der Waals surface area contributed by atoms with Crippen LogP contribution in [0.1, 0.15) is 51.6 Å². The van der Waals surface area contributed by atoms with Gasteiger partial charge in [-0.2, -0.15) is 0 Å². The molecule has 0 radical (unpaired) electrons. The lowest BCUT2D eigenvalue weighted by atomic mass is 9.91. The maximum atomic E-state index is 14.0. The molecule has 0 saturated heterocycles. The zero-order valence-corrected chi connectivity index (χ0v) is 12.2. The normalized spacial score (nSPS) is 13.0. The molecule has 1 N–H and O–H groups in total. The van der Waals surface area contributed by atoms with E-state index in [1.54, 1.807) is 12.1 Å². The lowest BCUT2D eigenvalue weighted by molar-refractivity contribution is 0.368. The molecule has 0 amide bonds. The Hall–Kier alpha value is -0.600. The highest BCUT2D eigenvalue weighted by atomic mass is 35.5. The molecule has 1 aromatic rings. The molecule has 0 aliphatic heterocycles. The van der Waals surface area contributed by atoms with Crippen molar-refractivity contribution >= 4 is 11.6 Å². The monoisotopic (exact) mass is 271 g/mol. The summed E-state index contributed by atoms with van der Waals surface area (Å²) in [5.41, 5.74) is 0.730. The van der Waals surface area contributed by atoms with Gasteiger partial charge >= 0.3 is 0 Å². The van der Waals surface area contributed by atoms with Gasteiger partial charge in [0.05, 0.1) is 0 Å². The second-order valence-electron chi connectivity index (χ2n) is 4.69. The van der Waals surface area contributed by atoms with Gasteiger partial charge in [0.1, 0.15) is 5.82 Å². The maximum absolute atomic E-state index is 14.0. The van der Waals surface area contributed by atoms with E-state index >= 15 is 0 Å². The zero-order valence-electron chi connectivity index (χ0n) is 11.5. The molecule has 0 fully saturated rings. The lowest BCUT2D eigenvalue weighted by Crippen LogP contribution is -2.24. The molecule has 1 aromatic carbocycles. The first-order chi connectivity index (χ1) is 8.62. The first kappa shape index (κ1) is 15.5. The molecular weight excluding hydrogens is 249 g/mol. The van der Waals surface area contributed by atoms with Crippen molar-refractivity contribution in [1.29, 1.82) is 0 Å². The second kappa shape index (κ2) is 7.75. The molecule has 0 aromatic heterocycles. The highest BCUT2D eigenvalue weighted by Crippen LogP contribution is 2.28. The van der Waals surface area contributed by atoms with Gasteiger partial charge < -0.3 is 5.32 Å². The number of hydrogen-bond donors (Lipinski definition) is 1. The van der Waals surface area contributed by atoms with Gasteiger partial charge in [0.25, 0.3) is 0 Å². The molecule has 0 saturated carbocycles. The summed E-state index contributed by atoms with van der Waals surface area (Å²) in [6.45, 7) is 7.27. The summed E-state index contributed by atoms with van der Waals surface area (Å²) in [5, 5.41) is 3.83. The SMILES string of the molecule is CCNC(CC(CC)CC)c1ccc(Cl)cc1F. The van der Waals surface area contributed by atoms with Crippen LogP contribution < -0.4 is 5.32 Å². The number of benzene rings is 1. The predicted molar refractivity (Wildman–Crippen MR) is 76.5 cm³/mol. The quantitative estimate of drug-likeness (QED) is 0.739. The van der Waals surface area contributed by atoms with Gasteiger partial charge in [-0.1, -0.05) is 51.3 Å². The molecule has 0 aliphatic rings. The van der Waals surface area contributed by atoms with Crippen LogP contribution in [-0.4, -0.2) is 6.54 Å². The van der Waals surface area contributed by atoms with Crippen LogP contribution in [0.5, 0.6) is 0 Å². The third kappa shape index (κ3) is 4.25. The third-order valence-corrected chi connectivity index (χ3v) is 3.75. The van der Waals surface area contributed by atoms with Gasteiger partial charge in [0.2, 0.25) is 0 Å². The molecule has 0 aliphatic carbocycles. The zero-order chi connectivity index (χ0) is 13.5. The second-order valence-corrected chi connectivity index (χ2v) is 5.13. The highest BCUT2D eigenvalue weighted by Gasteiger charge is 2.18. The van der Waals surface area contributed by atoms with E-state index < -0.39 is 0 Å². The van der Waals surface area contributed by atoms with Gasteiger partial charge in [-0.25, -0.2) is 4.39 Å². The van der Waals surface area contributed by atoms with E-state index in [0.717, 1.165) is 31.4 Å². The van der Waals surface area contributed by atoms with E-state index in [1.807, 2.05) is 6.92 Å². The molecule has 102 valence electrons. The topological polar surface area (TPSA) is 12.0 Å². The highest BCUT2D eigenvalue weighted by molar-refractivity contribution is 6.30. The third-order valence-electron chi connectivity index (χ3n) is 3.51. The van der Waals surface area contributed by atoms with Crippen molar-refractivity contribution in [1.82, 2.24) is 5.32 Å². The van der Waals surface area contributed by atoms with Crippen LogP contribution in [0.3, 0.4) is 0 Å². The van der Waals surface area contributed by atoms with Crippen molar-refractivity contribution in [3.8, 4) is 0 Å². The van der Waals surface area contributed by atoms with Crippen molar-refractivity contribution in [3.63, 3.8) is 0 Å². The Labute approximate surface area is 115 Å². The summed E-state index contributed by atoms with van der Waals surface area (Å²) in [4.78, 5) is 0. The van der Waals surface area contributed by atoms with Crippen LogP contribution in [0.2, 0.25) is 5.02 Å². The molecule has 1 nitrogen and oxygen atoms in total. The van der Waals surface area contributed by atoms with Gasteiger partial charge in [0, 0.05) is 16.6 Å². The summed E-state index contributed by atoms with van der Waals surface area (Å²) >= 11 is 5.80. The summed E-state index contributed by atoms with van der Waals surface area (Å²) in [6.07, 6.45) is 3.24. The van der Waals surface area contributed by atoms with Gasteiger partial charge in [0.15, 0.2) is 0 Å². The molecule has 18 heavy (non-hydrogen) atoms. The molecule has 1 rings (SSSR count). The number of hydrogen-bond acceptors (Lipinski definition) is 1. The fraction of sp³-hybridized carbons (Fsp3) is 0.600. The van der Waals surface area contributed by atoms with Crippen LogP contribution in [0, 0.1) is 11.7 Å². The maximum Gasteiger partial charge on any atom is 0.129 e. The Balaban J connectivity index is 2.89. The molecule has 0 spiro atoms. The predicted octanol–water partition coefficient (Wildman–Crippen LogP) is 4.96. The fourth-order valence-electron chi connectivity index (χ4n) is 2.31. The Morgan fingerprint density at radius 2 is 1.89 bits per heavy atom. The van der Waals surface area contributed by atoms with Crippen LogP contribution in [0.15, 0.2) is 18.2 Å². The van der Waals surface area contributed by atoms with E-state index in [2.05, 4.69) is 19.2 Å². The molecule has 3 heteroatoms. The van der Waals surface area contributed by atoms with E-state index in [-0.39, 0.29) is 11.9 Å². The summed E-state index contributed by atoms with van der Waals surface area (Å²) < 4.78 is 14.0. The van der Waals surface area contributed by atoms with Crippen molar-refractivity contribution in [3.05, 3.63) is 34.6 Å². The van der Waals surface area contributed by atoms with Crippen LogP contribution in [0.25, 0.3) is 0 Å². The van der Waals surface area contributed by atoms with Crippen molar-refractivity contribution in [2.75, 3.05) is 6.54 Å². The van der Waals surface area contributed by atoms with Crippen molar-refractivity contribution < 1.29 is 4.39 Å². The Bertz CT molecular complexity index is 364. The summed E-state index contributed by atoms with van der Waals surface area (Å²) in [5.74, 6) is 0.420. The van der Waals surface area contributed by atoms with Crippen LogP contribution in [0.4, 0.5) is 4.39 Å². The summed E-state index contributed by atoms with van der Waals surface area (Å²) in [6, 6.07) is 5.04. The Morgan fingerprint density at radius 1 is 1.22 bits per heavy atom. The standard InChI is InChI=1S/C15H23ClFN/c1-4-11(5-2)9-15(18-6-3)13-8-7-12(16)10-14(13)17/h7-8,10-11,15,18H,4-6,9H2,1-3H3. The Morgan fingerprint density at radius 3 is 2.39 bits per heavy atom. The van der Waals surface area contributed by atoms with Gasteiger partial charge in [-0.05, 0) is 31.0 Å². The van der Waals surface area contributed by atoms with E-state index in [4.69, 9.17) is 11.6 Å². The minimum absolute atomic E-state index is 0.0807. The first-order valence-corrected chi connectivity index (χ1v) is 7.18. The minimum Gasteiger partial charge on any atom is -0.310 e. The van der Waals surface area contributed by atoms with Crippen LogP contribution in [-0.2, 0) is 0 Å². The number of nitrogens with one attached hydrogen (secondary N) is 1. The number of rotatable bonds is 7. The average Bonchev–Trinajstić information content (AvgIpc) is 2.35. The van der Waals surface area contributed by atoms with E-state index in [1.165, 1.54) is 6.07 Å². The van der Waals surface area contributed by atoms with E-state index in [9.17, 15) is 4.39 Å². The van der Waals surface area contributed by atoms with E-state index in [0.29, 0.717) is 10.9 Å². The molecule has 1 atom stereocenters. The summed E-state index contributed by atoms with van der Waals surface area (Å²) in [7, 11) is 0. The smallest absolute Gasteiger partial charge is 0.129 e. The fourth-order valence-corrected chi connectivity index (χ4v) is 2.46. The van der Waals surface area contributed by atoms with Crippen LogP contribution >= 0.6 is 11.6 Å². The van der Waals surface area contributed by atoms with Crippen molar-refractivity contribution in [2.45, 2.75) is 46.1 Å². The molecule has 0 heterocycles. The first-order valence-electron chi connectivity index (χ1n) is 6.80. The number of halogens is 2. The van der Waals surface area contributed by atoms with Gasteiger partial charge in [-0.3, -0.25) is 0 Å². The minimum atomic E-state index is -0.209. The molecule has 1 unspecified atom stereocenters. The van der Waals surface area contributed by atoms with Crippen molar-refractivity contribution in [2.24, 2.45) is 5.92 Å². The Kier molecular flexibility index (Phi) is 6.66. The molecule has 0 bridgehead atoms. The largest absolute Gasteiger partial charge is 0.310 e. The molecular formula is C15H23ClFN. The lowest BCUT2D eigenvalue weighted by Gasteiger charge is -2.23.